The number of hydrogen-bond acceptors (Lipinski definition) is 6. The van der Waals surface area contributed by atoms with Crippen molar-refractivity contribution in [2.75, 3.05) is 13.2 Å². The number of carbonyl (C=O) groups excluding carboxylic acids is 3. The fraction of sp³-hybridized carbons (Fsp3) is 0.850. The van der Waals surface area contributed by atoms with Crippen molar-refractivity contribution >= 4 is 17.9 Å². The number of ether oxygens (including phenoxy) is 3. The van der Waals surface area contributed by atoms with Crippen LogP contribution in [0, 0.1) is 0 Å². The van der Waals surface area contributed by atoms with E-state index in [9.17, 15) is 14.4 Å². The number of unbranched alkanes of at least 4 members (excludes halogenated alkanes) is 36. The Kier molecular flexibility index (Phi) is 53.2. The maximum Gasteiger partial charge on any atom is 0.306 e. The van der Waals surface area contributed by atoms with Gasteiger partial charge >= 0.3 is 17.9 Å². The van der Waals surface area contributed by atoms with Crippen LogP contribution >= 0.6 is 0 Å². The molecule has 0 saturated heterocycles. The molecule has 0 aliphatic rings. The van der Waals surface area contributed by atoms with E-state index in [1.54, 1.807) is 0 Å². The van der Waals surface area contributed by atoms with E-state index in [0.29, 0.717) is 19.3 Å². The highest BCUT2D eigenvalue weighted by atomic mass is 16.6. The Hall–Kier alpha value is -2.37. The lowest BCUT2D eigenvalue weighted by Crippen LogP contribution is -2.30. The first-order chi connectivity index (χ1) is 32.5. The molecule has 1 unspecified atom stereocenters. The average molecular weight is 928 g/mol. The van der Waals surface area contributed by atoms with Crippen LogP contribution < -0.4 is 0 Å². The summed E-state index contributed by atoms with van der Waals surface area (Å²) in [5.41, 5.74) is 0. The second kappa shape index (κ2) is 55.2. The van der Waals surface area contributed by atoms with Crippen LogP contribution in [-0.4, -0.2) is 37.2 Å². The first-order valence-electron chi connectivity index (χ1n) is 29.0. The van der Waals surface area contributed by atoms with Crippen molar-refractivity contribution in [2.45, 2.75) is 316 Å². The van der Waals surface area contributed by atoms with Gasteiger partial charge in [-0.2, -0.15) is 0 Å². The fourth-order valence-electron chi connectivity index (χ4n) is 8.47. The van der Waals surface area contributed by atoms with Gasteiger partial charge in [-0.25, -0.2) is 0 Å². The third-order valence-corrected chi connectivity index (χ3v) is 12.9. The molecule has 0 N–H and O–H groups in total. The molecule has 0 bridgehead atoms. The van der Waals surface area contributed by atoms with Gasteiger partial charge < -0.3 is 14.2 Å². The largest absolute Gasteiger partial charge is 0.462 e. The van der Waals surface area contributed by atoms with E-state index in [0.717, 1.165) is 83.5 Å². The van der Waals surface area contributed by atoms with Crippen LogP contribution in [0.2, 0.25) is 0 Å². The summed E-state index contributed by atoms with van der Waals surface area (Å²) in [5.74, 6) is -0.882. The van der Waals surface area contributed by atoms with Gasteiger partial charge in [-0.05, 0) is 77.0 Å². The van der Waals surface area contributed by atoms with Gasteiger partial charge in [0.1, 0.15) is 13.2 Å². The Labute approximate surface area is 410 Å². The van der Waals surface area contributed by atoms with Gasteiger partial charge in [0.05, 0.1) is 0 Å². The molecule has 0 amide bonds. The number of esters is 3. The third kappa shape index (κ3) is 52.6. The zero-order chi connectivity index (χ0) is 47.9. The van der Waals surface area contributed by atoms with Crippen molar-refractivity contribution < 1.29 is 28.6 Å². The van der Waals surface area contributed by atoms with Gasteiger partial charge in [0.15, 0.2) is 6.10 Å². The summed E-state index contributed by atoms with van der Waals surface area (Å²) in [5, 5.41) is 0. The maximum absolute atomic E-state index is 12.8. The fourth-order valence-corrected chi connectivity index (χ4v) is 8.47. The Morgan fingerprint density at radius 3 is 0.864 bits per heavy atom. The normalized spacial score (nSPS) is 12.2. The number of allylic oxidation sites excluding steroid dienone is 6. The second-order valence-electron chi connectivity index (χ2n) is 19.6. The molecule has 0 aromatic rings. The first kappa shape index (κ1) is 63.6. The van der Waals surface area contributed by atoms with Crippen LogP contribution in [0.4, 0.5) is 0 Å². The molecule has 1 atom stereocenters. The minimum atomic E-state index is -0.779. The van der Waals surface area contributed by atoms with Gasteiger partial charge in [-0.3, -0.25) is 14.4 Å². The molecule has 6 nitrogen and oxygen atoms in total. The Bertz CT molecular complexity index is 1110. The minimum Gasteiger partial charge on any atom is -0.462 e. The lowest BCUT2D eigenvalue weighted by Gasteiger charge is -2.18. The molecule has 66 heavy (non-hydrogen) atoms. The smallest absolute Gasteiger partial charge is 0.306 e. The molecule has 0 aliphatic carbocycles. The predicted molar refractivity (Wildman–Crippen MR) is 284 cm³/mol. The van der Waals surface area contributed by atoms with Crippen molar-refractivity contribution in [3.05, 3.63) is 36.5 Å². The minimum absolute atomic E-state index is 0.0764. The molecular formula is C60H110O6. The lowest BCUT2D eigenvalue weighted by molar-refractivity contribution is -0.167. The van der Waals surface area contributed by atoms with Gasteiger partial charge in [0.2, 0.25) is 0 Å². The first-order valence-corrected chi connectivity index (χ1v) is 29.0. The Morgan fingerprint density at radius 2 is 0.545 bits per heavy atom. The third-order valence-electron chi connectivity index (χ3n) is 12.9. The van der Waals surface area contributed by atoms with Crippen LogP contribution in [-0.2, 0) is 28.6 Å². The highest BCUT2D eigenvalue weighted by molar-refractivity contribution is 5.71. The summed E-state index contributed by atoms with van der Waals surface area (Å²) < 4.78 is 16.9. The van der Waals surface area contributed by atoms with E-state index >= 15 is 0 Å². The Balaban J connectivity index is 4.38. The molecule has 386 valence electrons. The van der Waals surface area contributed by atoms with Crippen LogP contribution in [0.15, 0.2) is 36.5 Å². The zero-order valence-electron chi connectivity index (χ0n) is 44.2. The van der Waals surface area contributed by atoms with Crippen molar-refractivity contribution in [1.29, 1.82) is 0 Å². The summed E-state index contributed by atoms with van der Waals surface area (Å²) >= 11 is 0. The molecule has 0 fully saturated rings. The second-order valence-corrected chi connectivity index (χ2v) is 19.6. The van der Waals surface area contributed by atoms with Gasteiger partial charge in [0.25, 0.3) is 0 Å². The van der Waals surface area contributed by atoms with Crippen LogP contribution in [0.5, 0.6) is 0 Å². The monoisotopic (exact) mass is 927 g/mol. The Morgan fingerprint density at radius 1 is 0.303 bits per heavy atom. The summed E-state index contributed by atoms with van der Waals surface area (Å²) in [6.45, 7) is 6.64. The molecule has 0 spiro atoms. The van der Waals surface area contributed by atoms with Crippen molar-refractivity contribution in [3.63, 3.8) is 0 Å². The van der Waals surface area contributed by atoms with E-state index in [1.807, 2.05) is 0 Å². The quantitative estimate of drug-likeness (QED) is 0.0262. The molecule has 6 heteroatoms. The standard InChI is InChI=1S/C60H110O6/c1-4-7-10-13-16-19-22-25-28-31-34-37-40-43-46-49-52-58(61)64-55-57(66-60(63)54-51-48-45-42-39-36-33-30-27-24-21-18-15-12-9-6-3)56-65-59(62)53-50-47-44-41-38-35-32-29-26-23-20-17-14-11-8-5-2/h19,22,28,30-31,33,57H,4-18,20-21,23-27,29,32,34-56H2,1-3H3/b22-19-,31-28-,33-30-. The topological polar surface area (TPSA) is 78.9 Å². The molecule has 0 saturated carbocycles. The molecule has 0 radical (unpaired) electrons. The van der Waals surface area contributed by atoms with Gasteiger partial charge in [0, 0.05) is 19.3 Å². The van der Waals surface area contributed by atoms with E-state index in [2.05, 4.69) is 57.2 Å². The molecule has 0 heterocycles. The summed E-state index contributed by atoms with van der Waals surface area (Å²) in [7, 11) is 0. The van der Waals surface area contributed by atoms with Crippen LogP contribution in [0.1, 0.15) is 310 Å². The molecule has 0 rings (SSSR count). The number of rotatable bonds is 53. The molecule has 0 aromatic heterocycles. The van der Waals surface area contributed by atoms with Crippen LogP contribution in [0.25, 0.3) is 0 Å². The summed E-state index contributed by atoms with van der Waals surface area (Å²) in [4.78, 5) is 38.1. The predicted octanol–water partition coefficient (Wildman–Crippen LogP) is 19.3. The van der Waals surface area contributed by atoms with E-state index < -0.39 is 6.10 Å². The SMILES string of the molecule is CCCCCC/C=C\C/C=C\CCCCCCCC(=O)OCC(COC(=O)CCCCCCCCCCCCCCCCCC)OC(=O)CCCCCCC/C=C\CCCCCCCCC. The van der Waals surface area contributed by atoms with Crippen molar-refractivity contribution in [1.82, 2.24) is 0 Å². The lowest BCUT2D eigenvalue weighted by atomic mass is 10.0. The van der Waals surface area contributed by atoms with Crippen molar-refractivity contribution in [3.8, 4) is 0 Å². The van der Waals surface area contributed by atoms with Gasteiger partial charge in [-0.15, -0.1) is 0 Å². The summed E-state index contributed by atoms with van der Waals surface area (Å²) in [6.07, 6.45) is 65.6. The van der Waals surface area contributed by atoms with E-state index in [1.165, 1.54) is 186 Å². The van der Waals surface area contributed by atoms with Gasteiger partial charge in [-0.1, -0.05) is 250 Å². The molecule has 0 aliphatic heterocycles. The zero-order valence-corrected chi connectivity index (χ0v) is 44.2. The van der Waals surface area contributed by atoms with Crippen LogP contribution in [0.3, 0.4) is 0 Å². The summed E-state index contributed by atoms with van der Waals surface area (Å²) in [6, 6.07) is 0. The van der Waals surface area contributed by atoms with Crippen molar-refractivity contribution in [2.24, 2.45) is 0 Å². The molecular weight excluding hydrogens is 817 g/mol. The number of carbonyl (C=O) groups is 3. The molecule has 0 aromatic carbocycles. The van der Waals surface area contributed by atoms with E-state index in [-0.39, 0.29) is 31.1 Å². The average Bonchev–Trinajstić information content (AvgIpc) is 3.31. The number of hydrogen-bond donors (Lipinski definition) is 0. The maximum atomic E-state index is 12.8. The van der Waals surface area contributed by atoms with E-state index in [4.69, 9.17) is 14.2 Å². The highest BCUT2D eigenvalue weighted by Gasteiger charge is 2.19. The highest BCUT2D eigenvalue weighted by Crippen LogP contribution is 2.16.